The topological polar surface area (TPSA) is 139 Å². The molecule has 3 amide bonds. The Balaban J connectivity index is 0.964. The fraction of sp³-hybridized carbons (Fsp3) is 0.319. The Hall–Kier alpha value is -5.78. The summed E-state index contributed by atoms with van der Waals surface area (Å²) < 4.78 is 18.7. The third-order valence-electron chi connectivity index (χ3n) is 11.7. The zero-order chi connectivity index (χ0) is 41.9. The molecule has 4 aromatic carbocycles. The Morgan fingerprint density at radius 1 is 0.900 bits per heavy atom. The van der Waals surface area contributed by atoms with Gasteiger partial charge in [-0.2, -0.15) is 0 Å². The van der Waals surface area contributed by atoms with Gasteiger partial charge in [-0.25, -0.2) is 9.59 Å². The molecule has 13 heteroatoms. The van der Waals surface area contributed by atoms with Gasteiger partial charge in [-0.3, -0.25) is 9.78 Å². The van der Waals surface area contributed by atoms with Gasteiger partial charge in [-0.05, 0) is 114 Å². The minimum Gasteiger partial charge on any atom is -0.489 e. The predicted molar refractivity (Wildman–Crippen MR) is 229 cm³/mol. The highest BCUT2D eigenvalue weighted by Gasteiger charge is 2.38. The van der Waals surface area contributed by atoms with E-state index >= 15 is 0 Å². The van der Waals surface area contributed by atoms with Crippen LogP contribution in [0.3, 0.4) is 0 Å². The highest BCUT2D eigenvalue weighted by atomic mass is 35.5. The van der Waals surface area contributed by atoms with E-state index in [1.54, 1.807) is 18.3 Å². The van der Waals surface area contributed by atoms with E-state index in [0.29, 0.717) is 33.9 Å². The van der Waals surface area contributed by atoms with Gasteiger partial charge in [0.25, 0.3) is 0 Å². The molecule has 2 aliphatic heterocycles. The summed E-state index contributed by atoms with van der Waals surface area (Å²) in [6.45, 7) is 4.71. The fourth-order valence-electron chi connectivity index (χ4n) is 8.14. The highest BCUT2D eigenvalue weighted by Crippen LogP contribution is 2.41. The number of carbonyl (C=O) groups is 3. The van der Waals surface area contributed by atoms with Gasteiger partial charge < -0.3 is 34.9 Å². The number of ether oxygens (including phenoxy) is 3. The van der Waals surface area contributed by atoms with E-state index in [1.807, 2.05) is 86.6 Å². The lowest BCUT2D eigenvalue weighted by Crippen LogP contribution is -2.58. The van der Waals surface area contributed by atoms with Crippen LogP contribution in [0.4, 0.5) is 4.79 Å². The number of aromatic nitrogens is 1. The predicted octanol–water partition coefficient (Wildman–Crippen LogP) is 8.95. The Bertz CT molecular complexity index is 2400. The highest BCUT2D eigenvalue weighted by molar-refractivity contribution is 6.42. The minimum atomic E-state index is -1.21. The van der Waals surface area contributed by atoms with Gasteiger partial charge in [0.1, 0.15) is 31.0 Å². The number of urea groups is 1. The molecule has 1 fully saturated rings. The molecule has 11 nitrogen and oxygen atoms in total. The van der Waals surface area contributed by atoms with Crippen molar-refractivity contribution in [2.45, 2.75) is 89.8 Å². The van der Waals surface area contributed by atoms with Crippen LogP contribution in [0.1, 0.15) is 70.9 Å². The monoisotopic (exact) mass is 848 g/mol. The van der Waals surface area contributed by atoms with Crippen molar-refractivity contribution in [3.8, 4) is 28.4 Å². The summed E-state index contributed by atoms with van der Waals surface area (Å²) in [5.41, 5.74) is 8.27. The standard InChI is InChI=1S/C47H46Cl2N4O7/c1-27-28(2)50-18-17-37(27)31-10-7-29(8-11-31)20-40(46(55)56)52-45(54)41-21-33-22-42-43(23-34(33)24-53(41)47(57)51-35-5-3-4-6-35)60-44(26-59-42)32-12-14-36(15-13-32)58-25-30-9-16-38(48)39(49)19-30/h7-19,22-23,35,40-41,44H,3-6,20-21,24-26H2,1-2H3,(H,51,57)(H,52,54)(H,55,56)/t40?,41-,44+/m0/s1. The van der Waals surface area contributed by atoms with Crippen molar-refractivity contribution in [3.05, 3.63) is 140 Å². The molecular weight excluding hydrogens is 803 g/mol. The van der Waals surface area contributed by atoms with Gasteiger partial charge in [0.05, 0.1) is 10.0 Å². The summed E-state index contributed by atoms with van der Waals surface area (Å²) in [6, 6.07) is 23.9. The number of aliphatic carboxylic acids is 1. The molecule has 3 aliphatic rings. The first kappa shape index (κ1) is 41.0. The van der Waals surface area contributed by atoms with Crippen LogP contribution in [0.5, 0.6) is 17.2 Å². The Labute approximate surface area is 359 Å². The van der Waals surface area contributed by atoms with Crippen LogP contribution >= 0.6 is 23.2 Å². The maximum atomic E-state index is 14.1. The summed E-state index contributed by atoms with van der Waals surface area (Å²) in [4.78, 5) is 46.5. The molecule has 0 radical (unpaired) electrons. The number of pyridine rings is 1. The van der Waals surface area contributed by atoms with Gasteiger partial charge in [0, 0.05) is 37.3 Å². The summed E-state index contributed by atoms with van der Waals surface area (Å²) in [7, 11) is 0. The zero-order valence-corrected chi connectivity index (χ0v) is 34.9. The van der Waals surface area contributed by atoms with Crippen LogP contribution < -0.4 is 24.8 Å². The molecule has 3 heterocycles. The van der Waals surface area contributed by atoms with E-state index in [2.05, 4.69) is 15.6 Å². The smallest absolute Gasteiger partial charge is 0.326 e. The normalized spacial score (nSPS) is 17.7. The Morgan fingerprint density at radius 3 is 2.37 bits per heavy atom. The maximum absolute atomic E-state index is 14.1. The lowest BCUT2D eigenvalue weighted by Gasteiger charge is -2.38. The molecule has 1 aliphatic carbocycles. The average molecular weight is 850 g/mol. The van der Waals surface area contributed by atoms with Crippen LogP contribution in [-0.4, -0.2) is 57.6 Å². The summed E-state index contributed by atoms with van der Waals surface area (Å²) in [6.07, 6.45) is 5.43. The summed E-state index contributed by atoms with van der Waals surface area (Å²) in [5, 5.41) is 17.1. The molecule has 8 rings (SSSR count). The molecule has 0 spiro atoms. The number of amides is 3. The van der Waals surface area contributed by atoms with E-state index in [-0.39, 0.29) is 38.1 Å². The van der Waals surface area contributed by atoms with Crippen LogP contribution in [0.2, 0.25) is 10.0 Å². The SMILES string of the molecule is Cc1nccc(-c2ccc(CC(NC(=O)[C@@H]3Cc4cc5c(cc4CN3C(=O)NC3CCCC3)O[C@@H](c3ccc(OCc4ccc(Cl)c(Cl)c4)cc3)CO5)C(=O)O)cc2)c1C. The van der Waals surface area contributed by atoms with E-state index in [0.717, 1.165) is 75.9 Å². The quantitative estimate of drug-likeness (QED) is 0.120. The van der Waals surface area contributed by atoms with Gasteiger partial charge in [0.15, 0.2) is 17.6 Å². The number of nitrogens with zero attached hydrogens (tertiary/aromatic N) is 2. The van der Waals surface area contributed by atoms with Crippen molar-refractivity contribution in [2.24, 2.45) is 0 Å². The number of rotatable bonds is 11. The van der Waals surface area contributed by atoms with Crippen molar-refractivity contribution < 1.29 is 33.7 Å². The number of benzene rings is 4. The molecule has 310 valence electrons. The third kappa shape index (κ3) is 9.17. The lowest BCUT2D eigenvalue weighted by molar-refractivity contribution is -0.142. The molecule has 0 saturated heterocycles. The number of nitrogens with one attached hydrogen (secondary N) is 2. The second-order valence-corrected chi connectivity index (χ2v) is 16.6. The molecule has 60 heavy (non-hydrogen) atoms. The first-order valence-corrected chi connectivity index (χ1v) is 21.0. The number of carbonyl (C=O) groups excluding carboxylic acids is 2. The third-order valence-corrected chi connectivity index (χ3v) is 12.5. The Morgan fingerprint density at radius 2 is 1.63 bits per heavy atom. The van der Waals surface area contributed by atoms with E-state index in [1.165, 1.54) is 4.90 Å². The molecular formula is C47H46Cl2N4O7. The van der Waals surface area contributed by atoms with Gasteiger partial charge in [0.2, 0.25) is 5.91 Å². The minimum absolute atomic E-state index is 0.0194. The first-order valence-electron chi connectivity index (χ1n) is 20.2. The van der Waals surface area contributed by atoms with Crippen molar-refractivity contribution in [1.29, 1.82) is 0 Å². The molecule has 1 aromatic heterocycles. The Kier molecular flexibility index (Phi) is 12.2. The number of hydrogen-bond acceptors (Lipinski definition) is 7. The molecule has 1 unspecified atom stereocenters. The average Bonchev–Trinajstić information content (AvgIpc) is 3.77. The number of fused-ring (bicyclic) bond motifs is 2. The van der Waals surface area contributed by atoms with Gasteiger partial charge in [-0.15, -0.1) is 0 Å². The molecule has 1 saturated carbocycles. The van der Waals surface area contributed by atoms with E-state index in [4.69, 9.17) is 37.4 Å². The molecule has 3 N–H and O–H groups in total. The maximum Gasteiger partial charge on any atom is 0.326 e. The van der Waals surface area contributed by atoms with Crippen molar-refractivity contribution >= 4 is 41.1 Å². The van der Waals surface area contributed by atoms with E-state index < -0.39 is 30.1 Å². The van der Waals surface area contributed by atoms with Crippen LogP contribution in [0.25, 0.3) is 11.1 Å². The number of aryl methyl sites for hydroxylation is 1. The zero-order valence-electron chi connectivity index (χ0n) is 33.4. The second kappa shape index (κ2) is 17.8. The largest absolute Gasteiger partial charge is 0.489 e. The second-order valence-electron chi connectivity index (χ2n) is 15.7. The van der Waals surface area contributed by atoms with Gasteiger partial charge >= 0.3 is 12.0 Å². The van der Waals surface area contributed by atoms with Crippen LogP contribution in [0.15, 0.2) is 91.1 Å². The summed E-state index contributed by atoms with van der Waals surface area (Å²) >= 11 is 12.2. The number of carboxylic acids is 1. The molecule has 0 bridgehead atoms. The first-order chi connectivity index (χ1) is 29.0. The summed E-state index contributed by atoms with van der Waals surface area (Å²) in [5.74, 6) is 0.0639. The number of hydrogen-bond donors (Lipinski definition) is 3. The fourth-order valence-corrected chi connectivity index (χ4v) is 8.46. The van der Waals surface area contributed by atoms with Gasteiger partial charge in [-0.1, -0.05) is 78.5 Å². The van der Waals surface area contributed by atoms with Crippen LogP contribution in [0, 0.1) is 13.8 Å². The van der Waals surface area contributed by atoms with Crippen LogP contribution in [-0.2, 0) is 35.6 Å². The van der Waals surface area contributed by atoms with Crippen molar-refractivity contribution in [1.82, 2.24) is 20.5 Å². The lowest BCUT2D eigenvalue weighted by atomic mass is 9.92. The molecule has 3 atom stereocenters. The number of halogens is 2. The molecule has 5 aromatic rings. The van der Waals surface area contributed by atoms with Crippen molar-refractivity contribution in [2.75, 3.05) is 6.61 Å². The van der Waals surface area contributed by atoms with E-state index in [9.17, 15) is 19.5 Å². The van der Waals surface area contributed by atoms with Crippen molar-refractivity contribution in [3.63, 3.8) is 0 Å². The number of carboxylic acid groups (broad SMARTS) is 1.